The zero-order valence-corrected chi connectivity index (χ0v) is 11.1. The van der Waals surface area contributed by atoms with Crippen LogP contribution in [-0.4, -0.2) is 7.05 Å². The molecule has 0 fully saturated rings. The van der Waals surface area contributed by atoms with Crippen LogP contribution in [0, 0.1) is 5.82 Å². The Hall–Kier alpha value is -0.670. The second-order valence-electron chi connectivity index (χ2n) is 3.70. The highest BCUT2D eigenvalue weighted by atomic mass is 79.9. The minimum absolute atomic E-state index is 0.0514. The highest BCUT2D eigenvalue weighted by Crippen LogP contribution is 2.29. The average molecular weight is 286 g/mol. The van der Waals surface area contributed by atoms with Crippen molar-refractivity contribution < 1.29 is 4.39 Å². The van der Waals surface area contributed by atoms with Crippen molar-refractivity contribution in [2.75, 3.05) is 7.05 Å². The molecule has 88 valence electrons. The molecule has 3 heteroatoms. The van der Waals surface area contributed by atoms with Gasteiger partial charge in [-0.15, -0.1) is 6.58 Å². The molecule has 1 aromatic rings. The number of unbranched alkanes of at least 4 members (excludes halogenated alkanes) is 1. The van der Waals surface area contributed by atoms with Gasteiger partial charge in [-0.2, -0.15) is 0 Å². The SMILES string of the molecule is C=CCCCC(NC)c1c(F)cccc1Br. The van der Waals surface area contributed by atoms with Crippen LogP contribution in [0.5, 0.6) is 0 Å². The smallest absolute Gasteiger partial charge is 0.129 e. The van der Waals surface area contributed by atoms with Crippen LogP contribution in [0.4, 0.5) is 4.39 Å². The Balaban J connectivity index is 2.81. The molecule has 16 heavy (non-hydrogen) atoms. The number of benzene rings is 1. The second-order valence-corrected chi connectivity index (χ2v) is 4.55. The third-order valence-electron chi connectivity index (χ3n) is 2.60. The van der Waals surface area contributed by atoms with Gasteiger partial charge in [0.2, 0.25) is 0 Å². The van der Waals surface area contributed by atoms with Crippen LogP contribution in [0.15, 0.2) is 35.3 Å². The number of allylic oxidation sites excluding steroid dienone is 1. The lowest BCUT2D eigenvalue weighted by Gasteiger charge is -2.18. The summed E-state index contributed by atoms with van der Waals surface area (Å²) in [4.78, 5) is 0. The molecule has 0 saturated heterocycles. The largest absolute Gasteiger partial charge is 0.313 e. The van der Waals surface area contributed by atoms with E-state index in [2.05, 4.69) is 27.8 Å². The summed E-state index contributed by atoms with van der Waals surface area (Å²) in [6.45, 7) is 3.69. The summed E-state index contributed by atoms with van der Waals surface area (Å²) in [6.07, 6.45) is 4.77. The van der Waals surface area contributed by atoms with E-state index in [4.69, 9.17) is 0 Å². The molecule has 0 aromatic heterocycles. The molecule has 0 spiro atoms. The molecule has 0 amide bonds. The molecule has 0 bridgehead atoms. The number of hydrogen-bond acceptors (Lipinski definition) is 1. The highest BCUT2D eigenvalue weighted by molar-refractivity contribution is 9.10. The van der Waals surface area contributed by atoms with Gasteiger partial charge in [-0.1, -0.05) is 28.1 Å². The number of nitrogens with one attached hydrogen (secondary N) is 1. The van der Waals surface area contributed by atoms with Crippen molar-refractivity contribution in [1.29, 1.82) is 0 Å². The Labute approximate surface area is 105 Å². The van der Waals surface area contributed by atoms with Gasteiger partial charge < -0.3 is 5.32 Å². The fourth-order valence-electron chi connectivity index (χ4n) is 1.74. The third kappa shape index (κ3) is 3.42. The van der Waals surface area contributed by atoms with Crippen molar-refractivity contribution in [3.05, 3.63) is 46.7 Å². The summed E-state index contributed by atoms with van der Waals surface area (Å²) in [7, 11) is 1.86. The van der Waals surface area contributed by atoms with Gasteiger partial charge in [0.25, 0.3) is 0 Å². The van der Waals surface area contributed by atoms with E-state index >= 15 is 0 Å². The summed E-state index contributed by atoms with van der Waals surface area (Å²) < 4.78 is 14.5. The Morgan fingerprint density at radius 3 is 2.88 bits per heavy atom. The quantitative estimate of drug-likeness (QED) is 0.610. The monoisotopic (exact) mass is 285 g/mol. The van der Waals surface area contributed by atoms with Crippen LogP contribution < -0.4 is 5.32 Å². The Kier molecular flexibility index (Phi) is 5.71. The van der Waals surface area contributed by atoms with Gasteiger partial charge in [0.15, 0.2) is 0 Å². The lowest BCUT2D eigenvalue weighted by Crippen LogP contribution is -2.18. The summed E-state index contributed by atoms with van der Waals surface area (Å²) in [6, 6.07) is 5.13. The molecule has 1 unspecified atom stereocenters. The average Bonchev–Trinajstić information content (AvgIpc) is 2.26. The molecule has 0 aliphatic rings. The molecule has 0 radical (unpaired) electrons. The molecule has 0 aliphatic carbocycles. The van der Waals surface area contributed by atoms with Gasteiger partial charge in [0, 0.05) is 16.1 Å². The van der Waals surface area contributed by atoms with Gasteiger partial charge in [0.1, 0.15) is 5.82 Å². The number of halogens is 2. The zero-order chi connectivity index (χ0) is 12.0. The second kappa shape index (κ2) is 6.81. The van der Waals surface area contributed by atoms with Crippen LogP contribution in [0.25, 0.3) is 0 Å². The minimum Gasteiger partial charge on any atom is -0.313 e. The van der Waals surface area contributed by atoms with Crippen LogP contribution >= 0.6 is 15.9 Å². The number of hydrogen-bond donors (Lipinski definition) is 1. The van der Waals surface area contributed by atoms with E-state index in [0.29, 0.717) is 5.56 Å². The predicted molar refractivity (Wildman–Crippen MR) is 69.9 cm³/mol. The van der Waals surface area contributed by atoms with Crippen LogP contribution in [-0.2, 0) is 0 Å². The molecule has 1 aromatic carbocycles. The van der Waals surface area contributed by atoms with Crippen molar-refractivity contribution in [3.63, 3.8) is 0 Å². The normalized spacial score (nSPS) is 12.4. The first-order valence-corrected chi connectivity index (χ1v) is 6.22. The molecular formula is C13H17BrFN. The first-order valence-electron chi connectivity index (χ1n) is 5.42. The molecule has 0 aliphatic heterocycles. The molecular weight excluding hydrogens is 269 g/mol. The minimum atomic E-state index is -0.160. The van der Waals surface area contributed by atoms with E-state index in [0.717, 1.165) is 23.7 Å². The van der Waals surface area contributed by atoms with E-state index < -0.39 is 0 Å². The Morgan fingerprint density at radius 2 is 2.31 bits per heavy atom. The fraction of sp³-hybridized carbons (Fsp3) is 0.385. The summed E-state index contributed by atoms with van der Waals surface area (Å²) in [5.41, 5.74) is 0.717. The van der Waals surface area contributed by atoms with Gasteiger partial charge in [0.05, 0.1) is 0 Å². The van der Waals surface area contributed by atoms with Crippen LogP contribution in [0.3, 0.4) is 0 Å². The molecule has 1 nitrogen and oxygen atoms in total. The maximum Gasteiger partial charge on any atom is 0.129 e. The topological polar surface area (TPSA) is 12.0 Å². The summed E-state index contributed by atoms with van der Waals surface area (Å²) in [5, 5.41) is 3.15. The summed E-state index contributed by atoms with van der Waals surface area (Å²) >= 11 is 3.40. The van der Waals surface area contributed by atoms with E-state index in [9.17, 15) is 4.39 Å². The van der Waals surface area contributed by atoms with Gasteiger partial charge in [-0.3, -0.25) is 0 Å². The van der Waals surface area contributed by atoms with Crippen molar-refractivity contribution in [2.45, 2.75) is 25.3 Å². The van der Waals surface area contributed by atoms with Gasteiger partial charge in [-0.05, 0) is 38.4 Å². The molecule has 1 atom stereocenters. The lowest BCUT2D eigenvalue weighted by molar-refractivity contribution is 0.494. The van der Waals surface area contributed by atoms with Crippen molar-refractivity contribution in [3.8, 4) is 0 Å². The highest BCUT2D eigenvalue weighted by Gasteiger charge is 2.16. The van der Waals surface area contributed by atoms with Gasteiger partial charge in [-0.25, -0.2) is 4.39 Å². The fourth-order valence-corrected chi connectivity index (χ4v) is 2.36. The maximum absolute atomic E-state index is 13.7. The van der Waals surface area contributed by atoms with E-state index in [1.165, 1.54) is 6.07 Å². The lowest BCUT2D eigenvalue weighted by atomic mass is 10.0. The summed E-state index contributed by atoms with van der Waals surface area (Å²) in [5.74, 6) is -0.160. The molecule has 1 rings (SSSR count). The molecule has 0 saturated carbocycles. The standard InChI is InChI=1S/C13H17BrFN/c1-3-4-5-9-12(16-2)13-10(14)7-6-8-11(13)15/h3,6-8,12,16H,1,4-5,9H2,2H3. The van der Waals surface area contributed by atoms with E-state index in [1.54, 1.807) is 6.07 Å². The number of rotatable bonds is 6. The first kappa shape index (κ1) is 13.4. The van der Waals surface area contributed by atoms with Crippen molar-refractivity contribution >= 4 is 15.9 Å². The predicted octanol–water partition coefficient (Wildman–Crippen LogP) is 4.21. The zero-order valence-electron chi connectivity index (χ0n) is 9.47. The molecule has 0 heterocycles. The Morgan fingerprint density at radius 1 is 1.56 bits per heavy atom. The molecule has 1 N–H and O–H groups in total. The first-order chi connectivity index (χ1) is 7.70. The third-order valence-corrected chi connectivity index (χ3v) is 3.29. The Bertz CT molecular complexity index is 332. The van der Waals surface area contributed by atoms with Crippen LogP contribution in [0.1, 0.15) is 30.9 Å². The van der Waals surface area contributed by atoms with Gasteiger partial charge >= 0.3 is 0 Å². The maximum atomic E-state index is 13.7. The van der Waals surface area contributed by atoms with E-state index in [-0.39, 0.29) is 11.9 Å². The van der Waals surface area contributed by atoms with Crippen LogP contribution in [0.2, 0.25) is 0 Å². The van der Waals surface area contributed by atoms with E-state index in [1.807, 2.05) is 19.2 Å². The van der Waals surface area contributed by atoms with Crippen molar-refractivity contribution in [2.24, 2.45) is 0 Å². The van der Waals surface area contributed by atoms with Crippen molar-refractivity contribution in [1.82, 2.24) is 5.32 Å².